The number of nitrogens with two attached hydrogens (primary N) is 1. The molecular formula is C4H7ClF3N. The van der Waals surface area contributed by atoms with Crippen molar-refractivity contribution in [2.75, 3.05) is 0 Å². The van der Waals surface area contributed by atoms with Crippen molar-refractivity contribution in [3.8, 4) is 0 Å². The zero-order chi connectivity index (χ0) is 6.41. The van der Waals surface area contributed by atoms with E-state index in [2.05, 4.69) is 0 Å². The van der Waals surface area contributed by atoms with E-state index in [1.165, 1.54) is 0 Å². The number of hydrogen-bond donors (Lipinski definition) is 1. The molecule has 0 radical (unpaired) electrons. The van der Waals surface area contributed by atoms with E-state index in [-0.39, 0.29) is 25.2 Å². The third-order valence-corrected chi connectivity index (χ3v) is 1.35. The quantitative estimate of drug-likeness (QED) is 0.572. The summed E-state index contributed by atoms with van der Waals surface area (Å²) in [7, 11) is 0. The van der Waals surface area contributed by atoms with Gasteiger partial charge in [-0.2, -0.15) is 13.2 Å². The fraction of sp³-hybridized carbons (Fsp3) is 1.00. The van der Waals surface area contributed by atoms with Gasteiger partial charge >= 0.3 is 6.18 Å². The molecule has 1 rings (SSSR count). The topological polar surface area (TPSA) is 26.0 Å². The van der Waals surface area contributed by atoms with E-state index in [1.807, 2.05) is 0 Å². The Hall–Kier alpha value is 0.0400. The van der Waals surface area contributed by atoms with Crippen molar-refractivity contribution in [2.24, 2.45) is 5.73 Å². The largest absolute Gasteiger partial charge is 0.406 e. The summed E-state index contributed by atoms with van der Waals surface area (Å²) < 4.78 is 34.5. The van der Waals surface area contributed by atoms with Crippen LogP contribution in [0.15, 0.2) is 0 Å². The molecule has 0 saturated heterocycles. The molecule has 1 aliphatic rings. The summed E-state index contributed by atoms with van der Waals surface area (Å²) in [4.78, 5) is 0. The lowest BCUT2D eigenvalue weighted by atomic mass is 10.3. The molecule has 0 bridgehead atoms. The highest BCUT2D eigenvalue weighted by molar-refractivity contribution is 5.85. The van der Waals surface area contributed by atoms with Crippen molar-refractivity contribution in [1.82, 2.24) is 0 Å². The minimum absolute atomic E-state index is 0. The fourth-order valence-electron chi connectivity index (χ4n) is 0.418. The maximum atomic E-state index is 11.5. The Morgan fingerprint density at radius 2 is 1.56 bits per heavy atom. The van der Waals surface area contributed by atoms with E-state index in [0.29, 0.717) is 0 Å². The molecule has 5 heteroatoms. The number of hydrogen-bond acceptors (Lipinski definition) is 1. The average molecular weight is 162 g/mol. The van der Waals surface area contributed by atoms with Crippen molar-refractivity contribution in [2.45, 2.75) is 24.6 Å². The first-order valence-electron chi connectivity index (χ1n) is 2.31. The third kappa shape index (κ3) is 1.49. The number of halogens is 4. The van der Waals surface area contributed by atoms with E-state index < -0.39 is 11.7 Å². The molecule has 0 aromatic rings. The SMILES string of the molecule is Cl.NC1(C(F)(F)F)CC1. The van der Waals surface area contributed by atoms with Gasteiger partial charge in [0.15, 0.2) is 0 Å². The van der Waals surface area contributed by atoms with Gasteiger partial charge in [-0.05, 0) is 12.8 Å². The predicted molar refractivity (Wildman–Crippen MR) is 29.5 cm³/mol. The Morgan fingerprint density at radius 3 is 1.56 bits per heavy atom. The van der Waals surface area contributed by atoms with Crippen LogP contribution in [0.25, 0.3) is 0 Å². The first-order chi connectivity index (χ1) is 3.46. The molecule has 1 nitrogen and oxygen atoms in total. The van der Waals surface area contributed by atoms with Gasteiger partial charge in [0.25, 0.3) is 0 Å². The van der Waals surface area contributed by atoms with Gasteiger partial charge < -0.3 is 5.73 Å². The summed E-state index contributed by atoms with van der Waals surface area (Å²) in [5, 5.41) is 0. The molecule has 0 heterocycles. The molecule has 2 N–H and O–H groups in total. The molecule has 0 aromatic heterocycles. The highest BCUT2D eigenvalue weighted by atomic mass is 35.5. The van der Waals surface area contributed by atoms with Gasteiger partial charge in [-0.3, -0.25) is 0 Å². The fourth-order valence-corrected chi connectivity index (χ4v) is 0.418. The van der Waals surface area contributed by atoms with E-state index in [0.717, 1.165) is 0 Å². The smallest absolute Gasteiger partial charge is 0.318 e. The van der Waals surface area contributed by atoms with Crippen LogP contribution in [0, 0.1) is 0 Å². The molecule has 0 atom stereocenters. The Labute approximate surface area is 56.8 Å². The van der Waals surface area contributed by atoms with Gasteiger partial charge in [-0.25, -0.2) is 0 Å². The predicted octanol–water partition coefficient (Wildman–Crippen LogP) is 1.46. The number of rotatable bonds is 0. The molecule has 1 aliphatic carbocycles. The molecule has 1 saturated carbocycles. The molecular weight excluding hydrogens is 154 g/mol. The van der Waals surface area contributed by atoms with Crippen LogP contribution in [-0.4, -0.2) is 11.7 Å². The summed E-state index contributed by atoms with van der Waals surface area (Å²) in [6.45, 7) is 0. The lowest BCUT2D eigenvalue weighted by Crippen LogP contribution is -2.39. The highest BCUT2D eigenvalue weighted by Crippen LogP contribution is 2.46. The van der Waals surface area contributed by atoms with Crippen molar-refractivity contribution in [1.29, 1.82) is 0 Å². The zero-order valence-electron chi connectivity index (χ0n) is 4.53. The summed E-state index contributed by atoms with van der Waals surface area (Å²) >= 11 is 0. The van der Waals surface area contributed by atoms with Crippen LogP contribution in [0.4, 0.5) is 13.2 Å². The van der Waals surface area contributed by atoms with Crippen molar-refractivity contribution in [3.63, 3.8) is 0 Å². The van der Waals surface area contributed by atoms with E-state index >= 15 is 0 Å². The Balaban J connectivity index is 0.000000640. The second-order valence-electron chi connectivity index (χ2n) is 2.15. The average Bonchev–Trinajstić information content (AvgIpc) is 2.16. The van der Waals surface area contributed by atoms with Gasteiger partial charge in [-0.1, -0.05) is 0 Å². The lowest BCUT2D eigenvalue weighted by Gasteiger charge is -2.11. The number of alkyl halides is 3. The van der Waals surface area contributed by atoms with Crippen molar-refractivity contribution < 1.29 is 13.2 Å². The van der Waals surface area contributed by atoms with Crippen molar-refractivity contribution >= 4 is 12.4 Å². The summed E-state index contributed by atoms with van der Waals surface area (Å²) in [6.07, 6.45) is -3.99. The minimum atomic E-state index is -4.17. The lowest BCUT2D eigenvalue weighted by molar-refractivity contribution is -0.156. The zero-order valence-corrected chi connectivity index (χ0v) is 5.35. The Bertz CT molecular complexity index is 104. The standard InChI is InChI=1S/C4H6F3N.ClH/c5-4(6,7)3(8)1-2-3;/h1-2,8H2;1H. The van der Waals surface area contributed by atoms with E-state index in [4.69, 9.17) is 5.73 Å². The van der Waals surface area contributed by atoms with Crippen LogP contribution in [0.2, 0.25) is 0 Å². The monoisotopic (exact) mass is 161 g/mol. The Morgan fingerprint density at radius 1 is 1.22 bits per heavy atom. The van der Waals surface area contributed by atoms with Crippen LogP contribution in [0.5, 0.6) is 0 Å². The van der Waals surface area contributed by atoms with Crippen LogP contribution in [-0.2, 0) is 0 Å². The molecule has 0 amide bonds. The molecule has 0 unspecified atom stereocenters. The molecule has 56 valence electrons. The van der Waals surface area contributed by atoms with Crippen LogP contribution >= 0.6 is 12.4 Å². The maximum absolute atomic E-state index is 11.5. The first-order valence-corrected chi connectivity index (χ1v) is 2.31. The van der Waals surface area contributed by atoms with Gasteiger partial charge in [0.1, 0.15) is 5.54 Å². The van der Waals surface area contributed by atoms with Crippen LogP contribution in [0.3, 0.4) is 0 Å². The Kier molecular flexibility index (Phi) is 2.03. The molecule has 0 spiro atoms. The van der Waals surface area contributed by atoms with E-state index in [1.54, 1.807) is 0 Å². The molecule has 1 fully saturated rings. The normalized spacial score (nSPS) is 22.7. The molecule has 0 aromatic carbocycles. The maximum Gasteiger partial charge on any atom is 0.406 e. The second kappa shape index (κ2) is 2.02. The van der Waals surface area contributed by atoms with Gasteiger partial charge in [-0.15, -0.1) is 12.4 Å². The minimum Gasteiger partial charge on any atom is -0.318 e. The summed E-state index contributed by atoms with van der Waals surface area (Å²) in [5.41, 5.74) is 2.99. The third-order valence-electron chi connectivity index (χ3n) is 1.35. The first kappa shape index (κ1) is 9.04. The van der Waals surface area contributed by atoms with Crippen LogP contribution < -0.4 is 5.73 Å². The molecule has 9 heavy (non-hydrogen) atoms. The van der Waals surface area contributed by atoms with Gasteiger partial charge in [0.2, 0.25) is 0 Å². The second-order valence-corrected chi connectivity index (χ2v) is 2.15. The van der Waals surface area contributed by atoms with Crippen LogP contribution in [0.1, 0.15) is 12.8 Å². The summed E-state index contributed by atoms with van der Waals surface area (Å²) in [5.74, 6) is 0. The highest BCUT2D eigenvalue weighted by Gasteiger charge is 2.60. The van der Waals surface area contributed by atoms with Crippen molar-refractivity contribution in [3.05, 3.63) is 0 Å². The van der Waals surface area contributed by atoms with E-state index in [9.17, 15) is 13.2 Å². The summed E-state index contributed by atoms with van der Waals surface area (Å²) in [6, 6.07) is 0. The van der Waals surface area contributed by atoms with Gasteiger partial charge in [0, 0.05) is 0 Å². The molecule has 0 aliphatic heterocycles. The van der Waals surface area contributed by atoms with Gasteiger partial charge in [0.05, 0.1) is 0 Å².